The summed E-state index contributed by atoms with van der Waals surface area (Å²) >= 11 is 12.0. The third-order valence-corrected chi connectivity index (χ3v) is 4.26. The molecular weight excluding hydrogens is 363 g/mol. The van der Waals surface area contributed by atoms with Crippen molar-refractivity contribution in [3.05, 3.63) is 69.7 Å². The van der Waals surface area contributed by atoms with Gasteiger partial charge in [-0.15, -0.1) is 0 Å². The van der Waals surface area contributed by atoms with Crippen LogP contribution in [-0.2, 0) is 24.6 Å². The fourth-order valence-corrected chi connectivity index (χ4v) is 2.78. The topological polar surface area (TPSA) is 44.8 Å². The number of esters is 1. The van der Waals surface area contributed by atoms with Gasteiger partial charge in [-0.1, -0.05) is 47.5 Å². The van der Waals surface area contributed by atoms with E-state index in [0.717, 1.165) is 0 Å². The summed E-state index contributed by atoms with van der Waals surface area (Å²) in [5.74, 6) is -0.528. The van der Waals surface area contributed by atoms with Crippen molar-refractivity contribution in [2.45, 2.75) is 12.5 Å². The number of hydrogen-bond donors (Lipinski definition) is 0. The van der Waals surface area contributed by atoms with Crippen LogP contribution in [0.25, 0.3) is 0 Å². The zero-order valence-corrected chi connectivity index (χ0v) is 15.6. The number of methoxy groups -OCH3 is 1. The lowest BCUT2D eigenvalue weighted by Crippen LogP contribution is -2.41. The molecule has 0 radical (unpaired) electrons. The van der Waals surface area contributed by atoms with Crippen molar-refractivity contribution in [2.75, 3.05) is 26.9 Å². The highest BCUT2D eigenvalue weighted by molar-refractivity contribution is 6.30. The van der Waals surface area contributed by atoms with Crippen LogP contribution in [-0.4, -0.2) is 32.9 Å². The third kappa shape index (κ3) is 4.53. The van der Waals surface area contributed by atoms with E-state index in [1.165, 1.54) is 7.11 Å². The lowest BCUT2D eigenvalue weighted by Gasteiger charge is -2.31. The van der Waals surface area contributed by atoms with Gasteiger partial charge in [0.05, 0.1) is 6.61 Å². The minimum absolute atomic E-state index is 0.138. The average molecular weight is 383 g/mol. The van der Waals surface area contributed by atoms with Crippen molar-refractivity contribution < 1.29 is 19.0 Å². The lowest BCUT2D eigenvalue weighted by atomic mass is 9.86. The maximum absolute atomic E-state index is 13.0. The smallest absolute Gasteiger partial charge is 0.347 e. The Hall–Kier alpha value is -1.59. The molecule has 4 nitrogen and oxygen atoms in total. The van der Waals surface area contributed by atoms with Gasteiger partial charge in [-0.3, -0.25) is 0 Å². The van der Waals surface area contributed by atoms with E-state index in [0.29, 0.717) is 34.4 Å². The largest absolute Gasteiger partial charge is 0.461 e. The maximum Gasteiger partial charge on any atom is 0.347 e. The maximum atomic E-state index is 13.0. The van der Waals surface area contributed by atoms with Gasteiger partial charge in [-0.05, 0) is 42.3 Å². The van der Waals surface area contributed by atoms with Gasteiger partial charge in [-0.25, -0.2) is 4.79 Å². The Kier molecular flexibility index (Phi) is 7.26. The normalized spacial score (nSPS) is 11.4. The molecule has 0 heterocycles. The molecule has 2 aromatic carbocycles. The highest BCUT2D eigenvalue weighted by atomic mass is 35.5. The quantitative estimate of drug-likeness (QED) is 0.499. The van der Waals surface area contributed by atoms with E-state index in [-0.39, 0.29) is 6.61 Å². The van der Waals surface area contributed by atoms with Crippen molar-refractivity contribution in [3.8, 4) is 0 Å². The van der Waals surface area contributed by atoms with Gasteiger partial charge in [0.1, 0.15) is 6.61 Å². The Bertz CT molecular complexity index is 638. The van der Waals surface area contributed by atoms with Crippen LogP contribution >= 0.6 is 23.2 Å². The van der Waals surface area contributed by atoms with Gasteiger partial charge >= 0.3 is 5.97 Å². The zero-order valence-electron chi connectivity index (χ0n) is 14.1. The minimum atomic E-state index is -1.42. The summed E-state index contributed by atoms with van der Waals surface area (Å²) in [7, 11) is 1.47. The number of benzene rings is 2. The van der Waals surface area contributed by atoms with Gasteiger partial charge in [0.15, 0.2) is 0 Å². The fraction of sp³-hybridized carbons (Fsp3) is 0.316. The van der Waals surface area contributed by atoms with E-state index in [4.69, 9.17) is 37.4 Å². The van der Waals surface area contributed by atoms with Crippen LogP contribution in [0.2, 0.25) is 10.0 Å². The minimum Gasteiger partial charge on any atom is -0.461 e. The number of carbonyl (C=O) groups excluding carboxylic acids is 1. The molecule has 0 unspecified atom stereocenters. The molecule has 0 N–H and O–H groups in total. The van der Waals surface area contributed by atoms with Crippen LogP contribution < -0.4 is 0 Å². The molecule has 25 heavy (non-hydrogen) atoms. The monoisotopic (exact) mass is 382 g/mol. The molecule has 0 bridgehead atoms. The van der Waals surface area contributed by atoms with Crippen LogP contribution in [0.15, 0.2) is 48.5 Å². The predicted octanol–water partition coefficient (Wildman–Crippen LogP) is 4.46. The van der Waals surface area contributed by atoms with Crippen LogP contribution in [0.1, 0.15) is 18.1 Å². The van der Waals surface area contributed by atoms with E-state index < -0.39 is 11.6 Å². The Labute approximate surface area is 157 Å². The summed E-state index contributed by atoms with van der Waals surface area (Å²) in [5, 5.41) is 1.13. The molecule has 0 atom stereocenters. The van der Waals surface area contributed by atoms with E-state index in [1.807, 2.05) is 6.92 Å². The molecule has 2 aromatic rings. The zero-order chi connectivity index (χ0) is 18.3. The lowest BCUT2D eigenvalue weighted by molar-refractivity contribution is -0.166. The first-order valence-electron chi connectivity index (χ1n) is 7.86. The van der Waals surface area contributed by atoms with Crippen molar-refractivity contribution in [1.82, 2.24) is 0 Å². The molecule has 0 saturated carbocycles. The molecule has 2 rings (SSSR count). The average Bonchev–Trinajstić information content (AvgIpc) is 2.62. The van der Waals surface area contributed by atoms with E-state index >= 15 is 0 Å². The highest BCUT2D eigenvalue weighted by Crippen LogP contribution is 2.36. The summed E-state index contributed by atoms with van der Waals surface area (Å²) < 4.78 is 16.3. The summed E-state index contributed by atoms with van der Waals surface area (Å²) in [4.78, 5) is 13.0. The number of hydrogen-bond acceptors (Lipinski definition) is 4. The first-order chi connectivity index (χ1) is 12.0. The summed E-state index contributed by atoms with van der Waals surface area (Å²) in [6, 6.07) is 13.8. The Morgan fingerprint density at radius 1 is 0.920 bits per heavy atom. The fourth-order valence-electron chi connectivity index (χ4n) is 2.53. The standard InChI is InChI=1S/C19H20Cl2O4/c1-3-24-12-13-25-18(22)19(23-2,14-4-8-16(20)9-5-14)15-6-10-17(21)11-7-15/h4-11H,3,12-13H2,1-2H3. The van der Waals surface area contributed by atoms with E-state index in [2.05, 4.69) is 0 Å². The first-order valence-corrected chi connectivity index (χ1v) is 8.62. The Balaban J connectivity index is 2.43. The van der Waals surface area contributed by atoms with Gasteiger partial charge in [0, 0.05) is 23.8 Å². The molecule has 0 amide bonds. The van der Waals surface area contributed by atoms with Crippen molar-refractivity contribution in [3.63, 3.8) is 0 Å². The van der Waals surface area contributed by atoms with Gasteiger partial charge in [-0.2, -0.15) is 0 Å². The number of ether oxygens (including phenoxy) is 3. The van der Waals surface area contributed by atoms with Crippen molar-refractivity contribution >= 4 is 29.2 Å². The van der Waals surface area contributed by atoms with E-state index in [1.54, 1.807) is 48.5 Å². The molecule has 0 aliphatic heterocycles. The molecule has 6 heteroatoms. The SMILES string of the molecule is CCOCCOC(=O)C(OC)(c1ccc(Cl)cc1)c1ccc(Cl)cc1. The van der Waals surface area contributed by atoms with Gasteiger partial charge in [0.25, 0.3) is 0 Å². The summed E-state index contributed by atoms with van der Waals surface area (Å²) in [6.45, 7) is 2.90. The molecular formula is C19H20Cl2O4. The second-order valence-electron chi connectivity index (χ2n) is 5.23. The van der Waals surface area contributed by atoms with Crippen LogP contribution in [0.5, 0.6) is 0 Å². The van der Waals surface area contributed by atoms with Crippen LogP contribution in [0.4, 0.5) is 0 Å². The number of carbonyl (C=O) groups is 1. The summed E-state index contributed by atoms with van der Waals surface area (Å²) in [5.41, 5.74) is -0.187. The second kappa shape index (κ2) is 9.20. The molecule has 0 fully saturated rings. The number of halogens is 2. The Morgan fingerprint density at radius 3 is 1.80 bits per heavy atom. The first kappa shape index (κ1) is 19.7. The second-order valence-corrected chi connectivity index (χ2v) is 6.10. The Morgan fingerprint density at radius 2 is 1.40 bits per heavy atom. The molecule has 0 aliphatic rings. The van der Waals surface area contributed by atoms with E-state index in [9.17, 15) is 4.79 Å². The molecule has 0 spiro atoms. The highest BCUT2D eigenvalue weighted by Gasteiger charge is 2.44. The van der Waals surface area contributed by atoms with Gasteiger partial charge < -0.3 is 14.2 Å². The van der Waals surface area contributed by atoms with Gasteiger partial charge in [0.2, 0.25) is 5.60 Å². The molecule has 0 aliphatic carbocycles. The molecule has 0 aromatic heterocycles. The predicted molar refractivity (Wildman–Crippen MR) is 98.1 cm³/mol. The van der Waals surface area contributed by atoms with Crippen molar-refractivity contribution in [1.29, 1.82) is 0 Å². The van der Waals surface area contributed by atoms with Crippen molar-refractivity contribution in [2.24, 2.45) is 0 Å². The summed E-state index contributed by atoms with van der Waals surface area (Å²) in [6.07, 6.45) is 0. The molecule has 0 saturated heterocycles. The van der Waals surface area contributed by atoms with Crippen LogP contribution in [0, 0.1) is 0 Å². The third-order valence-electron chi connectivity index (χ3n) is 3.76. The van der Waals surface area contributed by atoms with Crippen LogP contribution in [0.3, 0.4) is 0 Å². The molecule has 134 valence electrons. The number of rotatable bonds is 8.